The first-order valence-corrected chi connectivity index (χ1v) is 12.0. The number of ether oxygens (including phenoxy) is 3. The number of aliphatic hydroxyl groups excluding tert-OH is 2. The van der Waals surface area contributed by atoms with E-state index in [1.165, 1.54) is 0 Å². The molecule has 1 aromatic rings. The van der Waals surface area contributed by atoms with Crippen molar-refractivity contribution in [3.63, 3.8) is 0 Å². The summed E-state index contributed by atoms with van der Waals surface area (Å²) in [5.41, 5.74) is 0. The minimum atomic E-state index is -3.17. The Bertz CT molecular complexity index is 674. The zero-order valence-electron chi connectivity index (χ0n) is 16.4. The van der Waals surface area contributed by atoms with E-state index < -0.39 is 32.0 Å². The molecule has 0 amide bonds. The second-order valence-electron chi connectivity index (χ2n) is 8.16. The summed E-state index contributed by atoms with van der Waals surface area (Å²) in [4.78, 5) is 10.1. The van der Waals surface area contributed by atoms with Gasteiger partial charge in [-0.15, -0.1) is 0 Å². The lowest BCUT2D eigenvalue weighted by Gasteiger charge is -2.37. The minimum absolute atomic E-state index is 0.0635. The van der Waals surface area contributed by atoms with Crippen molar-refractivity contribution in [1.82, 2.24) is 0 Å². The molecule has 3 N–H and O–H groups in total. The standard InChI is InChI=1S/C20H31O7P/c1-13(2)25-15-5-7-16(8-6-15)26-20-19(22)18(21)11-17(27-20)9-10-28(23,24)12-14-3-4-14/h5-8,13-14,17-22H,3-4,9-12H2,1-2H3,(H,23,24). The fourth-order valence-electron chi connectivity index (χ4n) is 3.34. The van der Waals surface area contributed by atoms with Gasteiger partial charge in [-0.25, -0.2) is 0 Å². The smallest absolute Gasteiger partial charge is 0.228 e. The molecule has 2 aliphatic rings. The molecule has 1 saturated heterocycles. The Balaban J connectivity index is 1.55. The lowest BCUT2D eigenvalue weighted by atomic mass is 10.0. The van der Waals surface area contributed by atoms with Crippen LogP contribution in [0.5, 0.6) is 11.5 Å². The molecule has 5 atom stereocenters. The molecule has 1 heterocycles. The largest absolute Gasteiger partial charge is 0.491 e. The zero-order valence-corrected chi connectivity index (χ0v) is 17.3. The van der Waals surface area contributed by atoms with Gasteiger partial charge in [0.1, 0.15) is 17.6 Å². The van der Waals surface area contributed by atoms with Gasteiger partial charge in [0.25, 0.3) is 0 Å². The lowest BCUT2D eigenvalue weighted by molar-refractivity contribution is -0.235. The molecule has 0 spiro atoms. The van der Waals surface area contributed by atoms with Crippen LogP contribution in [0.15, 0.2) is 24.3 Å². The molecule has 28 heavy (non-hydrogen) atoms. The Morgan fingerprint density at radius 1 is 1.18 bits per heavy atom. The van der Waals surface area contributed by atoms with E-state index in [1.807, 2.05) is 13.8 Å². The van der Waals surface area contributed by atoms with Crippen LogP contribution in [0.2, 0.25) is 0 Å². The van der Waals surface area contributed by atoms with Gasteiger partial charge in [0.2, 0.25) is 13.7 Å². The monoisotopic (exact) mass is 414 g/mol. The summed E-state index contributed by atoms with van der Waals surface area (Å²) >= 11 is 0. The summed E-state index contributed by atoms with van der Waals surface area (Å²) in [5.74, 6) is 1.57. The molecule has 0 bridgehead atoms. The van der Waals surface area contributed by atoms with Gasteiger partial charge in [-0.2, -0.15) is 0 Å². The third-order valence-corrected chi connectivity index (χ3v) is 7.04. The Morgan fingerprint density at radius 3 is 2.43 bits per heavy atom. The number of hydrogen-bond donors (Lipinski definition) is 3. The summed E-state index contributed by atoms with van der Waals surface area (Å²) in [5, 5.41) is 20.4. The van der Waals surface area contributed by atoms with Crippen LogP contribution in [0.3, 0.4) is 0 Å². The maximum Gasteiger partial charge on any atom is 0.228 e. The normalized spacial score (nSPS) is 30.1. The second kappa shape index (κ2) is 9.14. The SMILES string of the molecule is CC(C)Oc1ccc(OC2OC(CCP(=O)(O)CC3CC3)CC(O)C2O)cc1. The highest BCUT2D eigenvalue weighted by atomic mass is 31.2. The number of aliphatic hydroxyl groups is 2. The third kappa shape index (κ3) is 6.46. The van der Waals surface area contributed by atoms with Gasteiger partial charge in [-0.1, -0.05) is 0 Å². The molecule has 7 nitrogen and oxygen atoms in total. The van der Waals surface area contributed by atoms with Gasteiger partial charge < -0.3 is 29.3 Å². The van der Waals surface area contributed by atoms with Gasteiger partial charge in [0.15, 0.2) is 0 Å². The predicted molar refractivity (Wildman–Crippen MR) is 105 cm³/mol. The molecule has 0 aromatic heterocycles. The summed E-state index contributed by atoms with van der Waals surface area (Å²) in [6.45, 7) is 3.88. The highest BCUT2D eigenvalue weighted by Gasteiger charge is 2.39. The Hall–Kier alpha value is -1.11. The summed E-state index contributed by atoms with van der Waals surface area (Å²) < 4.78 is 29.4. The van der Waals surface area contributed by atoms with Crippen molar-refractivity contribution in [2.75, 3.05) is 12.3 Å². The maximum absolute atomic E-state index is 12.3. The Kier molecular flexibility index (Phi) is 7.05. The van der Waals surface area contributed by atoms with E-state index >= 15 is 0 Å². The molecule has 1 saturated carbocycles. The van der Waals surface area contributed by atoms with E-state index in [0.29, 0.717) is 30.0 Å². The van der Waals surface area contributed by atoms with Crippen molar-refractivity contribution >= 4 is 7.37 Å². The first-order valence-electron chi connectivity index (χ1n) is 9.97. The van der Waals surface area contributed by atoms with Gasteiger partial charge in [0.05, 0.1) is 18.3 Å². The predicted octanol–water partition coefficient (Wildman–Crippen LogP) is 2.76. The van der Waals surface area contributed by atoms with Crippen LogP contribution in [0, 0.1) is 5.92 Å². The Morgan fingerprint density at radius 2 is 1.82 bits per heavy atom. The van der Waals surface area contributed by atoms with Gasteiger partial charge in [0, 0.05) is 18.7 Å². The molecule has 1 aromatic carbocycles. The van der Waals surface area contributed by atoms with Crippen LogP contribution < -0.4 is 9.47 Å². The average molecular weight is 414 g/mol. The molecule has 8 heteroatoms. The zero-order chi connectivity index (χ0) is 20.3. The number of rotatable bonds is 9. The highest BCUT2D eigenvalue weighted by molar-refractivity contribution is 7.58. The van der Waals surface area contributed by atoms with Crippen LogP contribution in [0.4, 0.5) is 0 Å². The van der Waals surface area contributed by atoms with Crippen LogP contribution in [-0.4, -0.2) is 58.1 Å². The van der Waals surface area contributed by atoms with E-state index in [4.69, 9.17) is 14.2 Å². The van der Waals surface area contributed by atoms with Crippen LogP contribution in [-0.2, 0) is 9.30 Å². The van der Waals surface area contributed by atoms with Gasteiger partial charge in [-0.3, -0.25) is 4.57 Å². The molecule has 3 rings (SSSR count). The molecule has 5 unspecified atom stereocenters. The highest BCUT2D eigenvalue weighted by Crippen LogP contribution is 2.49. The van der Waals surface area contributed by atoms with Crippen LogP contribution in [0.25, 0.3) is 0 Å². The van der Waals surface area contributed by atoms with E-state index in [2.05, 4.69) is 0 Å². The topological polar surface area (TPSA) is 105 Å². The summed E-state index contributed by atoms with van der Waals surface area (Å²) in [7, 11) is -3.17. The lowest BCUT2D eigenvalue weighted by Crippen LogP contribution is -2.51. The molecular formula is C20H31O7P. The van der Waals surface area contributed by atoms with Crippen molar-refractivity contribution in [1.29, 1.82) is 0 Å². The van der Waals surface area contributed by atoms with Crippen molar-refractivity contribution in [2.24, 2.45) is 5.92 Å². The molecular weight excluding hydrogens is 383 g/mol. The quantitative estimate of drug-likeness (QED) is 0.534. The Labute approximate surface area is 166 Å². The van der Waals surface area contributed by atoms with Crippen LogP contribution >= 0.6 is 7.37 Å². The average Bonchev–Trinajstić information content (AvgIpc) is 3.42. The third-order valence-electron chi connectivity index (χ3n) is 4.99. The number of hydrogen-bond acceptors (Lipinski definition) is 6. The van der Waals surface area contributed by atoms with Crippen molar-refractivity contribution in [3.8, 4) is 11.5 Å². The van der Waals surface area contributed by atoms with Crippen LogP contribution in [0.1, 0.15) is 39.5 Å². The van der Waals surface area contributed by atoms with E-state index in [-0.39, 0.29) is 18.7 Å². The minimum Gasteiger partial charge on any atom is -0.491 e. The molecule has 2 fully saturated rings. The fourth-order valence-corrected chi connectivity index (χ4v) is 5.39. The number of benzene rings is 1. The van der Waals surface area contributed by atoms with Gasteiger partial charge >= 0.3 is 0 Å². The fraction of sp³-hybridized carbons (Fsp3) is 0.700. The van der Waals surface area contributed by atoms with E-state index in [9.17, 15) is 19.7 Å². The molecule has 1 aliphatic carbocycles. The maximum atomic E-state index is 12.3. The first-order chi connectivity index (χ1) is 13.2. The van der Waals surface area contributed by atoms with E-state index in [0.717, 1.165) is 12.8 Å². The van der Waals surface area contributed by atoms with Crippen molar-refractivity contribution < 1.29 is 33.9 Å². The van der Waals surface area contributed by atoms with Crippen molar-refractivity contribution in [2.45, 2.75) is 70.2 Å². The summed E-state index contributed by atoms with van der Waals surface area (Å²) in [6, 6.07) is 6.94. The first kappa shape index (κ1) is 21.6. The second-order valence-corrected chi connectivity index (χ2v) is 10.7. The summed E-state index contributed by atoms with van der Waals surface area (Å²) in [6.07, 6.45) is -0.438. The molecule has 0 radical (unpaired) electrons. The van der Waals surface area contributed by atoms with E-state index in [1.54, 1.807) is 24.3 Å². The molecule has 158 valence electrons. The van der Waals surface area contributed by atoms with Gasteiger partial charge in [-0.05, 0) is 63.3 Å². The molecule has 1 aliphatic heterocycles. The van der Waals surface area contributed by atoms with Crippen molar-refractivity contribution in [3.05, 3.63) is 24.3 Å².